The molecule has 2 rings (SSSR count). The molecule has 0 radical (unpaired) electrons. The van der Waals surface area contributed by atoms with Crippen LogP contribution in [0.1, 0.15) is 66.4 Å². The molecule has 2 heteroatoms. The predicted octanol–water partition coefficient (Wildman–Crippen LogP) is 6.23. The van der Waals surface area contributed by atoms with Gasteiger partial charge in [-0.15, -0.1) is 0 Å². The van der Waals surface area contributed by atoms with Crippen molar-refractivity contribution in [2.75, 3.05) is 19.0 Å². The van der Waals surface area contributed by atoms with Crippen molar-refractivity contribution < 1.29 is 4.79 Å². The van der Waals surface area contributed by atoms with Crippen molar-refractivity contribution in [3.63, 3.8) is 0 Å². The van der Waals surface area contributed by atoms with Crippen LogP contribution >= 0.6 is 0 Å². The fourth-order valence-corrected chi connectivity index (χ4v) is 3.68. The topological polar surface area (TPSA) is 20.3 Å². The molecule has 2 nitrogen and oxygen atoms in total. The molecule has 0 spiro atoms. The van der Waals surface area contributed by atoms with Gasteiger partial charge in [0.1, 0.15) is 6.29 Å². The maximum absolute atomic E-state index is 10.8. The molecule has 0 aromatic heterocycles. The van der Waals surface area contributed by atoms with Gasteiger partial charge in [0.05, 0.1) is 0 Å². The number of anilines is 1. The quantitative estimate of drug-likeness (QED) is 0.601. The Morgan fingerprint density at radius 2 is 1.76 bits per heavy atom. The van der Waals surface area contributed by atoms with E-state index >= 15 is 0 Å². The molecule has 1 aromatic rings. The Kier molecular flexibility index (Phi) is 12.3. The average Bonchev–Trinajstić information content (AvgIpc) is 2.63. The number of hydrogen-bond acceptors (Lipinski definition) is 2. The van der Waals surface area contributed by atoms with E-state index < -0.39 is 0 Å². The summed E-state index contributed by atoms with van der Waals surface area (Å²) in [6.07, 6.45) is 5.97. The molecule has 1 fully saturated rings. The highest BCUT2D eigenvalue weighted by atomic mass is 16.1. The molecule has 0 aliphatic heterocycles. The van der Waals surface area contributed by atoms with Crippen LogP contribution in [-0.4, -0.2) is 20.4 Å². The van der Waals surface area contributed by atoms with Gasteiger partial charge in [0, 0.05) is 25.7 Å². The zero-order valence-electron chi connectivity index (χ0n) is 17.9. The molecule has 1 aliphatic carbocycles. The minimum atomic E-state index is 0.341. The summed E-state index contributed by atoms with van der Waals surface area (Å²) in [4.78, 5) is 13.0. The molecule has 1 aromatic carbocycles. The van der Waals surface area contributed by atoms with Gasteiger partial charge < -0.3 is 9.69 Å². The van der Waals surface area contributed by atoms with Crippen molar-refractivity contribution in [3.8, 4) is 0 Å². The van der Waals surface area contributed by atoms with Crippen LogP contribution in [0, 0.1) is 23.7 Å². The lowest BCUT2D eigenvalue weighted by atomic mass is 9.71. The molecule has 1 aliphatic rings. The van der Waals surface area contributed by atoms with Crippen molar-refractivity contribution in [1.29, 1.82) is 0 Å². The molecule has 0 N–H and O–H groups in total. The highest BCUT2D eigenvalue weighted by Gasteiger charge is 2.29. The number of benzene rings is 1. The Bertz CT molecular complexity index is 467. The summed E-state index contributed by atoms with van der Waals surface area (Å²) < 4.78 is 0. The van der Waals surface area contributed by atoms with Crippen LogP contribution < -0.4 is 4.90 Å². The lowest BCUT2D eigenvalue weighted by Gasteiger charge is -2.34. The van der Waals surface area contributed by atoms with E-state index in [4.69, 9.17) is 0 Å². The van der Waals surface area contributed by atoms with Crippen LogP contribution in [0.2, 0.25) is 0 Å². The van der Waals surface area contributed by atoms with Crippen LogP contribution in [0.4, 0.5) is 5.69 Å². The van der Waals surface area contributed by atoms with E-state index in [1.54, 1.807) is 0 Å². The van der Waals surface area contributed by atoms with Crippen molar-refractivity contribution in [2.45, 2.75) is 67.2 Å². The van der Waals surface area contributed by atoms with Crippen LogP contribution in [0.3, 0.4) is 0 Å². The largest absolute Gasteiger partial charge is 0.377 e. The van der Waals surface area contributed by atoms with E-state index in [9.17, 15) is 4.79 Å². The van der Waals surface area contributed by atoms with E-state index in [-0.39, 0.29) is 0 Å². The van der Waals surface area contributed by atoms with Crippen LogP contribution in [0.15, 0.2) is 24.3 Å². The highest BCUT2D eigenvalue weighted by Crippen LogP contribution is 2.36. The number of nitrogens with zero attached hydrogens (tertiary/aromatic N) is 1. The molecular formula is C23H41NO. The molecule has 3 unspecified atom stereocenters. The van der Waals surface area contributed by atoms with E-state index in [1.807, 2.05) is 13.8 Å². The second-order valence-electron chi connectivity index (χ2n) is 7.50. The normalized spacial score (nSPS) is 22.2. The highest BCUT2D eigenvalue weighted by molar-refractivity contribution is 5.54. The fourth-order valence-electron chi connectivity index (χ4n) is 3.68. The third-order valence-electron chi connectivity index (χ3n) is 5.10. The Hall–Kier alpha value is -1.31. The van der Waals surface area contributed by atoms with E-state index in [0.29, 0.717) is 17.8 Å². The van der Waals surface area contributed by atoms with Gasteiger partial charge in [-0.3, -0.25) is 0 Å². The summed E-state index contributed by atoms with van der Waals surface area (Å²) in [5, 5.41) is 0. The number of carbonyl (C=O) groups is 1. The van der Waals surface area contributed by atoms with Gasteiger partial charge in [0.25, 0.3) is 0 Å². The van der Waals surface area contributed by atoms with Gasteiger partial charge in [0.2, 0.25) is 0 Å². The van der Waals surface area contributed by atoms with Gasteiger partial charge in [-0.05, 0) is 48.6 Å². The van der Waals surface area contributed by atoms with Gasteiger partial charge in [-0.1, -0.05) is 66.2 Å². The summed E-state index contributed by atoms with van der Waals surface area (Å²) in [7, 11) is 4.16. The van der Waals surface area contributed by atoms with Crippen molar-refractivity contribution in [3.05, 3.63) is 29.8 Å². The molecule has 0 saturated heterocycles. The molecular weight excluding hydrogens is 306 g/mol. The van der Waals surface area contributed by atoms with Gasteiger partial charge in [0.15, 0.2) is 0 Å². The van der Waals surface area contributed by atoms with Crippen molar-refractivity contribution in [1.82, 2.24) is 0 Å². The zero-order chi connectivity index (χ0) is 19.4. The monoisotopic (exact) mass is 347 g/mol. The van der Waals surface area contributed by atoms with Crippen molar-refractivity contribution >= 4 is 12.0 Å². The number of para-hydroxylation sites is 1. The fraction of sp³-hybridized carbons (Fsp3) is 0.696. The summed E-state index contributed by atoms with van der Waals surface area (Å²) in [6.45, 7) is 12.9. The summed E-state index contributed by atoms with van der Waals surface area (Å²) >= 11 is 0. The van der Waals surface area contributed by atoms with E-state index in [2.05, 4.69) is 71.0 Å². The molecule has 0 heterocycles. The standard InChI is InChI=1S/C11H20O.C10H15N.C2H6/c1-8(2)11-5-4-9(3)6-10(11)7-12;1-4-9-7-5-6-8-10(9)11(2)3;1-2/h7-11H,4-6H2,1-3H3;5-8H,4H2,1-3H3;1-2H3. The van der Waals surface area contributed by atoms with E-state index in [0.717, 1.165) is 18.8 Å². The molecule has 144 valence electrons. The first-order chi connectivity index (χ1) is 11.9. The SMILES string of the molecule is CC.CC1CCC(C(C)C)C(C=O)C1.CCc1ccccc1N(C)C. The molecule has 1 saturated carbocycles. The third-order valence-corrected chi connectivity index (χ3v) is 5.10. The van der Waals surface area contributed by atoms with E-state index in [1.165, 1.54) is 30.4 Å². The predicted molar refractivity (Wildman–Crippen MR) is 112 cm³/mol. The second kappa shape index (κ2) is 13.0. The van der Waals surface area contributed by atoms with Crippen molar-refractivity contribution in [2.24, 2.45) is 23.7 Å². The lowest BCUT2D eigenvalue weighted by molar-refractivity contribution is -0.114. The third kappa shape index (κ3) is 8.07. The summed E-state index contributed by atoms with van der Waals surface area (Å²) in [5.74, 6) is 2.43. The van der Waals surface area contributed by atoms with Gasteiger partial charge >= 0.3 is 0 Å². The Morgan fingerprint density at radius 3 is 2.20 bits per heavy atom. The Balaban J connectivity index is 0.000000421. The van der Waals surface area contributed by atoms with Gasteiger partial charge in [-0.25, -0.2) is 0 Å². The first kappa shape index (κ1) is 23.7. The number of carbonyl (C=O) groups excluding carboxylic acids is 1. The molecule has 3 atom stereocenters. The molecule has 0 amide bonds. The average molecular weight is 348 g/mol. The van der Waals surface area contributed by atoms with Crippen LogP contribution in [-0.2, 0) is 11.2 Å². The molecule has 25 heavy (non-hydrogen) atoms. The maximum atomic E-state index is 10.8. The maximum Gasteiger partial charge on any atom is 0.123 e. The summed E-state index contributed by atoms with van der Waals surface area (Å²) in [6, 6.07) is 8.49. The first-order valence-corrected chi connectivity index (χ1v) is 10.1. The van der Waals surface area contributed by atoms with Gasteiger partial charge in [-0.2, -0.15) is 0 Å². The number of aryl methyl sites for hydroxylation is 1. The minimum Gasteiger partial charge on any atom is -0.377 e. The lowest BCUT2D eigenvalue weighted by Crippen LogP contribution is -2.28. The minimum absolute atomic E-state index is 0.341. The zero-order valence-corrected chi connectivity index (χ0v) is 17.9. The number of aldehydes is 1. The van der Waals surface area contributed by atoms with Crippen LogP contribution in [0.5, 0.6) is 0 Å². The number of hydrogen-bond donors (Lipinski definition) is 0. The Labute approximate surface area is 157 Å². The molecule has 0 bridgehead atoms. The summed E-state index contributed by atoms with van der Waals surface area (Å²) in [5.41, 5.74) is 2.74. The Morgan fingerprint density at radius 1 is 1.16 bits per heavy atom. The number of rotatable bonds is 4. The van der Waals surface area contributed by atoms with Crippen LogP contribution in [0.25, 0.3) is 0 Å². The first-order valence-electron chi connectivity index (χ1n) is 10.1. The smallest absolute Gasteiger partial charge is 0.123 e. The second-order valence-corrected chi connectivity index (χ2v) is 7.50.